The van der Waals surface area contributed by atoms with Crippen LogP contribution in [0.25, 0.3) is 11.0 Å². The van der Waals surface area contributed by atoms with E-state index in [2.05, 4.69) is 26.9 Å². The molecule has 0 aromatic carbocycles. The van der Waals surface area contributed by atoms with Crippen LogP contribution in [0.2, 0.25) is 0 Å². The number of fused-ring (bicyclic) bond motifs is 2. The lowest BCUT2D eigenvalue weighted by Gasteiger charge is -2.28. The van der Waals surface area contributed by atoms with Gasteiger partial charge in [-0.3, -0.25) is 4.79 Å². The maximum absolute atomic E-state index is 12.1. The van der Waals surface area contributed by atoms with E-state index in [4.69, 9.17) is 5.73 Å². The van der Waals surface area contributed by atoms with E-state index in [1.165, 1.54) is 0 Å². The number of nitrogens with zero attached hydrogens (tertiary/aromatic N) is 4. The van der Waals surface area contributed by atoms with Gasteiger partial charge in [-0.15, -0.1) is 0 Å². The third-order valence-corrected chi connectivity index (χ3v) is 5.64. The summed E-state index contributed by atoms with van der Waals surface area (Å²) in [6, 6.07) is 2.09. The Morgan fingerprint density at radius 2 is 2.08 bits per heavy atom. The van der Waals surface area contributed by atoms with Crippen molar-refractivity contribution in [2.75, 3.05) is 25.0 Å². The van der Waals surface area contributed by atoms with E-state index in [9.17, 15) is 4.79 Å². The van der Waals surface area contributed by atoms with Crippen LogP contribution in [-0.2, 0) is 4.79 Å². The van der Waals surface area contributed by atoms with Crippen LogP contribution in [-0.4, -0.2) is 58.0 Å². The Kier molecular flexibility index (Phi) is 3.68. The lowest BCUT2D eigenvalue weighted by atomic mass is 10.0. The van der Waals surface area contributed by atoms with E-state index in [1.54, 1.807) is 13.3 Å². The van der Waals surface area contributed by atoms with E-state index < -0.39 is 6.04 Å². The third kappa shape index (κ3) is 2.43. The lowest BCUT2D eigenvalue weighted by Crippen LogP contribution is -2.42. The Labute approximate surface area is 141 Å². The van der Waals surface area contributed by atoms with Gasteiger partial charge in [0.2, 0.25) is 5.91 Å². The Hall–Kier alpha value is -2.15. The molecule has 2 aromatic heterocycles. The quantitative estimate of drug-likeness (QED) is 0.876. The molecule has 1 aliphatic carbocycles. The molecule has 2 unspecified atom stereocenters. The van der Waals surface area contributed by atoms with Crippen LogP contribution in [0.15, 0.2) is 18.6 Å². The van der Waals surface area contributed by atoms with Gasteiger partial charge in [0.1, 0.15) is 17.8 Å². The first-order valence-corrected chi connectivity index (χ1v) is 8.60. The number of carbonyl (C=O) groups excluding carboxylic acids is 1. The number of rotatable bonds is 3. The van der Waals surface area contributed by atoms with Crippen molar-refractivity contribution in [2.45, 2.75) is 31.8 Å². The van der Waals surface area contributed by atoms with Gasteiger partial charge in [0.25, 0.3) is 0 Å². The summed E-state index contributed by atoms with van der Waals surface area (Å²) in [5.41, 5.74) is 6.62. The van der Waals surface area contributed by atoms with Crippen LogP contribution in [0.3, 0.4) is 0 Å². The van der Waals surface area contributed by atoms with Crippen LogP contribution in [0.1, 0.15) is 19.8 Å². The molecule has 1 amide bonds. The van der Waals surface area contributed by atoms with Gasteiger partial charge >= 0.3 is 0 Å². The Bertz CT molecular complexity index is 742. The minimum atomic E-state index is -0.398. The van der Waals surface area contributed by atoms with E-state index in [-0.39, 0.29) is 5.91 Å². The highest BCUT2D eigenvalue weighted by Crippen LogP contribution is 2.41. The van der Waals surface area contributed by atoms with Crippen molar-refractivity contribution >= 4 is 22.8 Å². The molecule has 1 saturated heterocycles. The Morgan fingerprint density at radius 1 is 1.38 bits per heavy atom. The number of hydrogen-bond acceptors (Lipinski definition) is 5. The smallest absolute Gasteiger partial charge is 0.239 e. The number of nitrogens with two attached hydrogens (primary N) is 1. The van der Waals surface area contributed by atoms with Gasteiger partial charge < -0.3 is 20.5 Å². The minimum absolute atomic E-state index is 0.0825. The van der Waals surface area contributed by atoms with Crippen molar-refractivity contribution in [1.29, 1.82) is 0 Å². The summed E-state index contributed by atoms with van der Waals surface area (Å²) >= 11 is 0. The molecule has 2 aromatic rings. The maximum atomic E-state index is 12.1. The van der Waals surface area contributed by atoms with Gasteiger partial charge in [0.05, 0.1) is 11.4 Å². The molecule has 2 fully saturated rings. The van der Waals surface area contributed by atoms with Crippen molar-refractivity contribution in [1.82, 2.24) is 19.9 Å². The van der Waals surface area contributed by atoms with E-state index in [1.807, 2.05) is 17.2 Å². The fraction of sp³-hybridized carbons (Fsp3) is 0.588. The second-order valence-electron chi connectivity index (χ2n) is 7.23. The zero-order chi connectivity index (χ0) is 16.8. The van der Waals surface area contributed by atoms with Crippen molar-refractivity contribution in [3.05, 3.63) is 18.6 Å². The van der Waals surface area contributed by atoms with Crippen LogP contribution in [0.4, 0.5) is 5.82 Å². The number of likely N-dealkylation sites (tertiary alicyclic amines) is 1. The summed E-state index contributed by atoms with van der Waals surface area (Å²) in [4.78, 5) is 28.2. The van der Waals surface area contributed by atoms with Gasteiger partial charge in [-0.05, 0) is 37.7 Å². The van der Waals surface area contributed by atoms with Crippen LogP contribution >= 0.6 is 0 Å². The van der Waals surface area contributed by atoms with Gasteiger partial charge in [0, 0.05) is 32.4 Å². The SMILES string of the molecule is C[C@@H](N)C(=O)N1CC2CC(N(C)c3ncnc4[nH]ccc34)CC2C1. The number of H-pyrrole nitrogens is 1. The average Bonchev–Trinajstić information content (AvgIpc) is 3.26. The molecule has 128 valence electrons. The first kappa shape index (κ1) is 15.4. The molecule has 3 atom stereocenters. The zero-order valence-electron chi connectivity index (χ0n) is 14.1. The number of nitrogens with one attached hydrogen (secondary N) is 1. The molecule has 0 bridgehead atoms. The number of aromatic nitrogens is 3. The molecule has 7 nitrogen and oxygen atoms in total. The molecule has 7 heteroatoms. The van der Waals surface area contributed by atoms with Crippen LogP contribution < -0.4 is 10.6 Å². The number of hydrogen-bond donors (Lipinski definition) is 2. The number of carbonyl (C=O) groups is 1. The topological polar surface area (TPSA) is 91.1 Å². The molecule has 4 rings (SSSR count). The summed E-state index contributed by atoms with van der Waals surface area (Å²) in [5, 5.41) is 1.06. The van der Waals surface area contributed by atoms with Crippen LogP contribution in [0.5, 0.6) is 0 Å². The summed E-state index contributed by atoms with van der Waals surface area (Å²) in [5.74, 6) is 2.21. The monoisotopic (exact) mass is 328 g/mol. The summed E-state index contributed by atoms with van der Waals surface area (Å²) in [6.07, 6.45) is 5.71. The second-order valence-corrected chi connectivity index (χ2v) is 7.23. The van der Waals surface area contributed by atoms with Crippen molar-refractivity contribution in [3.63, 3.8) is 0 Å². The molecule has 1 saturated carbocycles. The molecule has 1 aliphatic heterocycles. The van der Waals surface area contributed by atoms with Gasteiger partial charge in [-0.25, -0.2) is 9.97 Å². The first-order valence-electron chi connectivity index (χ1n) is 8.60. The summed E-state index contributed by atoms with van der Waals surface area (Å²) in [6.45, 7) is 3.46. The fourth-order valence-corrected chi connectivity index (χ4v) is 4.36. The fourth-order valence-electron chi connectivity index (χ4n) is 4.36. The van der Waals surface area contributed by atoms with E-state index in [0.29, 0.717) is 17.9 Å². The average molecular weight is 328 g/mol. The maximum Gasteiger partial charge on any atom is 0.239 e. The standard InChI is InChI=1S/C17H24N6O/c1-10(18)17(24)23-7-11-5-13(6-12(11)8-23)22(2)16-14-3-4-19-15(14)20-9-21-16/h3-4,9-13H,5-8,18H2,1-2H3,(H,19,20,21)/t10-,11?,12?,13?/m1/s1. The predicted molar refractivity (Wildman–Crippen MR) is 92.5 cm³/mol. The summed E-state index contributed by atoms with van der Waals surface area (Å²) < 4.78 is 0. The van der Waals surface area contributed by atoms with Crippen molar-refractivity contribution in [2.24, 2.45) is 17.6 Å². The van der Waals surface area contributed by atoms with Gasteiger partial charge in [-0.1, -0.05) is 0 Å². The molecule has 3 N–H and O–H groups in total. The molecule has 0 radical (unpaired) electrons. The molecule has 24 heavy (non-hydrogen) atoms. The number of anilines is 1. The van der Waals surface area contributed by atoms with Gasteiger partial charge in [0.15, 0.2) is 0 Å². The highest BCUT2D eigenvalue weighted by atomic mass is 16.2. The van der Waals surface area contributed by atoms with Gasteiger partial charge in [-0.2, -0.15) is 0 Å². The molecular formula is C17H24N6O. The van der Waals surface area contributed by atoms with Crippen molar-refractivity contribution < 1.29 is 4.79 Å². The molecule has 0 spiro atoms. The second kappa shape index (κ2) is 5.73. The normalized spacial score (nSPS) is 27.5. The van der Waals surface area contributed by atoms with Crippen LogP contribution in [0, 0.1) is 11.8 Å². The minimum Gasteiger partial charge on any atom is -0.356 e. The zero-order valence-corrected chi connectivity index (χ0v) is 14.1. The molecular weight excluding hydrogens is 304 g/mol. The predicted octanol–water partition coefficient (Wildman–Crippen LogP) is 0.978. The Balaban J connectivity index is 1.47. The number of amides is 1. The van der Waals surface area contributed by atoms with Crippen molar-refractivity contribution in [3.8, 4) is 0 Å². The highest BCUT2D eigenvalue weighted by molar-refractivity contribution is 5.87. The van der Waals surface area contributed by atoms with E-state index in [0.717, 1.165) is 42.8 Å². The Morgan fingerprint density at radius 3 is 2.75 bits per heavy atom. The molecule has 2 aliphatic rings. The van der Waals surface area contributed by atoms with E-state index >= 15 is 0 Å². The molecule has 3 heterocycles. The first-order chi connectivity index (χ1) is 11.5. The summed E-state index contributed by atoms with van der Waals surface area (Å²) in [7, 11) is 2.12. The third-order valence-electron chi connectivity index (χ3n) is 5.64. The largest absolute Gasteiger partial charge is 0.356 e. The highest BCUT2D eigenvalue weighted by Gasteiger charge is 2.44. The lowest BCUT2D eigenvalue weighted by molar-refractivity contribution is -0.131. The number of aromatic amines is 1.